The maximum atomic E-state index is 5.84. The normalized spacial score (nSPS) is 10.2. The Morgan fingerprint density at radius 2 is 1.92 bits per heavy atom. The van der Waals surface area contributed by atoms with Crippen LogP contribution in [0.5, 0.6) is 0 Å². The standard InChI is InChI=1S/C8H11BrClN3/c1-13(2)8-5(11)3-4(10)7(12)6(8)9/h3H,11-12H2,1-2H3. The molecule has 0 radical (unpaired) electrons. The zero-order valence-electron chi connectivity index (χ0n) is 7.44. The lowest BCUT2D eigenvalue weighted by Gasteiger charge is -2.19. The summed E-state index contributed by atoms with van der Waals surface area (Å²) in [5, 5.41) is 0.468. The van der Waals surface area contributed by atoms with E-state index in [0.717, 1.165) is 10.2 Å². The van der Waals surface area contributed by atoms with E-state index in [1.807, 2.05) is 19.0 Å². The van der Waals surface area contributed by atoms with Gasteiger partial charge in [0.1, 0.15) is 0 Å². The zero-order valence-corrected chi connectivity index (χ0v) is 9.78. The van der Waals surface area contributed by atoms with Gasteiger partial charge >= 0.3 is 0 Å². The summed E-state index contributed by atoms with van der Waals surface area (Å²) < 4.78 is 0.738. The largest absolute Gasteiger partial charge is 0.397 e. The first-order chi connectivity index (χ1) is 5.95. The molecule has 0 bridgehead atoms. The first-order valence-corrected chi connectivity index (χ1v) is 4.82. The van der Waals surface area contributed by atoms with E-state index in [2.05, 4.69) is 15.9 Å². The molecule has 72 valence electrons. The molecule has 0 saturated carbocycles. The minimum absolute atomic E-state index is 0.468. The van der Waals surface area contributed by atoms with Crippen LogP contribution in [0.25, 0.3) is 0 Å². The second-order valence-corrected chi connectivity index (χ2v) is 4.12. The molecule has 1 aromatic carbocycles. The molecule has 3 nitrogen and oxygen atoms in total. The number of hydrogen-bond donors (Lipinski definition) is 2. The lowest BCUT2D eigenvalue weighted by atomic mass is 10.2. The molecule has 0 saturated heterocycles. The minimum Gasteiger partial charge on any atom is -0.397 e. The molecule has 0 spiro atoms. The van der Waals surface area contributed by atoms with E-state index in [1.54, 1.807) is 6.07 Å². The van der Waals surface area contributed by atoms with Crippen LogP contribution in [0.1, 0.15) is 0 Å². The fourth-order valence-electron chi connectivity index (χ4n) is 1.10. The molecule has 0 amide bonds. The van der Waals surface area contributed by atoms with Crippen LogP contribution in [-0.4, -0.2) is 14.1 Å². The minimum atomic E-state index is 0.468. The van der Waals surface area contributed by atoms with E-state index >= 15 is 0 Å². The molecule has 0 heterocycles. The van der Waals surface area contributed by atoms with Gasteiger partial charge in [-0.05, 0) is 22.0 Å². The quantitative estimate of drug-likeness (QED) is 0.766. The van der Waals surface area contributed by atoms with E-state index in [9.17, 15) is 0 Å². The fraction of sp³-hybridized carbons (Fsp3) is 0.250. The summed E-state index contributed by atoms with van der Waals surface area (Å²) in [4.78, 5) is 1.88. The lowest BCUT2D eigenvalue weighted by Crippen LogP contribution is -2.12. The van der Waals surface area contributed by atoms with Crippen molar-refractivity contribution >= 4 is 44.6 Å². The second-order valence-electron chi connectivity index (χ2n) is 2.92. The molecule has 5 heteroatoms. The Hall–Kier alpha value is -0.610. The maximum Gasteiger partial charge on any atom is 0.0761 e. The number of nitrogens with two attached hydrogens (primary N) is 2. The Labute approximate surface area is 90.8 Å². The van der Waals surface area contributed by atoms with Gasteiger partial charge in [0.15, 0.2) is 0 Å². The van der Waals surface area contributed by atoms with Crippen LogP contribution < -0.4 is 16.4 Å². The molecule has 0 aliphatic heterocycles. The van der Waals surface area contributed by atoms with Gasteiger partial charge in [0.05, 0.1) is 26.6 Å². The molecular weight excluding hydrogens is 253 g/mol. The van der Waals surface area contributed by atoms with Crippen molar-refractivity contribution in [2.75, 3.05) is 30.5 Å². The molecule has 1 rings (SSSR count). The van der Waals surface area contributed by atoms with Crippen molar-refractivity contribution in [3.8, 4) is 0 Å². The van der Waals surface area contributed by atoms with Crippen LogP contribution >= 0.6 is 27.5 Å². The van der Waals surface area contributed by atoms with E-state index in [4.69, 9.17) is 23.1 Å². The van der Waals surface area contributed by atoms with E-state index in [0.29, 0.717) is 16.4 Å². The van der Waals surface area contributed by atoms with Crippen molar-refractivity contribution in [1.82, 2.24) is 0 Å². The monoisotopic (exact) mass is 263 g/mol. The van der Waals surface area contributed by atoms with Gasteiger partial charge in [-0.2, -0.15) is 0 Å². The van der Waals surface area contributed by atoms with Gasteiger partial charge in [0, 0.05) is 14.1 Å². The third-order valence-electron chi connectivity index (χ3n) is 1.70. The number of nitrogen functional groups attached to an aromatic ring is 2. The summed E-state index contributed by atoms with van der Waals surface area (Å²) in [5.74, 6) is 0. The number of anilines is 3. The van der Waals surface area contributed by atoms with Gasteiger partial charge in [-0.15, -0.1) is 0 Å². The van der Waals surface area contributed by atoms with E-state index in [-0.39, 0.29) is 0 Å². The van der Waals surface area contributed by atoms with Crippen molar-refractivity contribution in [2.45, 2.75) is 0 Å². The van der Waals surface area contributed by atoms with Crippen LogP contribution in [0.4, 0.5) is 17.1 Å². The number of rotatable bonds is 1. The van der Waals surface area contributed by atoms with Crippen LogP contribution in [0, 0.1) is 0 Å². The Kier molecular flexibility index (Phi) is 2.93. The topological polar surface area (TPSA) is 55.3 Å². The molecule has 0 aliphatic carbocycles. The van der Waals surface area contributed by atoms with Gasteiger partial charge in [0.25, 0.3) is 0 Å². The molecule has 0 fully saturated rings. The molecule has 4 N–H and O–H groups in total. The molecule has 13 heavy (non-hydrogen) atoms. The Morgan fingerprint density at radius 1 is 1.38 bits per heavy atom. The fourth-order valence-corrected chi connectivity index (χ4v) is 2.22. The second kappa shape index (κ2) is 3.64. The van der Waals surface area contributed by atoms with Crippen molar-refractivity contribution < 1.29 is 0 Å². The molecule has 0 aromatic heterocycles. The number of halogens is 2. The summed E-state index contributed by atoms with van der Waals surface area (Å²) in [7, 11) is 3.79. The van der Waals surface area contributed by atoms with Crippen molar-refractivity contribution in [3.63, 3.8) is 0 Å². The number of hydrogen-bond acceptors (Lipinski definition) is 3. The SMILES string of the molecule is CN(C)c1c(N)cc(Cl)c(N)c1Br. The average Bonchev–Trinajstić information content (AvgIpc) is 1.99. The smallest absolute Gasteiger partial charge is 0.0761 e. The Balaban J connectivity index is 3.44. The van der Waals surface area contributed by atoms with Crippen molar-refractivity contribution in [1.29, 1.82) is 0 Å². The highest BCUT2D eigenvalue weighted by atomic mass is 79.9. The summed E-state index contributed by atoms with van der Waals surface area (Å²) >= 11 is 9.19. The molecule has 0 atom stereocenters. The van der Waals surface area contributed by atoms with Crippen molar-refractivity contribution in [2.24, 2.45) is 0 Å². The number of benzene rings is 1. The summed E-state index contributed by atoms with van der Waals surface area (Å²) in [6, 6.07) is 1.65. The first-order valence-electron chi connectivity index (χ1n) is 3.65. The molecule has 0 aliphatic rings. The highest BCUT2D eigenvalue weighted by Gasteiger charge is 2.12. The highest BCUT2D eigenvalue weighted by molar-refractivity contribution is 9.10. The summed E-state index contributed by atoms with van der Waals surface area (Å²) in [6.07, 6.45) is 0. The van der Waals surface area contributed by atoms with E-state index < -0.39 is 0 Å². The average molecular weight is 265 g/mol. The van der Waals surface area contributed by atoms with Gasteiger partial charge in [-0.1, -0.05) is 11.6 Å². The van der Waals surface area contributed by atoms with Crippen molar-refractivity contribution in [3.05, 3.63) is 15.6 Å². The maximum absolute atomic E-state index is 5.84. The van der Waals surface area contributed by atoms with Gasteiger partial charge in [-0.3, -0.25) is 0 Å². The first kappa shape index (κ1) is 10.5. The van der Waals surface area contributed by atoms with Gasteiger partial charge < -0.3 is 16.4 Å². The van der Waals surface area contributed by atoms with Crippen LogP contribution in [0.15, 0.2) is 10.5 Å². The third-order valence-corrected chi connectivity index (χ3v) is 2.82. The zero-order chi connectivity index (χ0) is 10.2. The molecule has 0 unspecified atom stereocenters. The highest BCUT2D eigenvalue weighted by Crippen LogP contribution is 2.40. The lowest BCUT2D eigenvalue weighted by molar-refractivity contribution is 1.13. The van der Waals surface area contributed by atoms with Gasteiger partial charge in [-0.25, -0.2) is 0 Å². The predicted molar refractivity (Wildman–Crippen MR) is 62.3 cm³/mol. The summed E-state index contributed by atoms with van der Waals surface area (Å²) in [5.41, 5.74) is 13.5. The molecular formula is C8H11BrClN3. The van der Waals surface area contributed by atoms with Crippen LogP contribution in [-0.2, 0) is 0 Å². The Morgan fingerprint density at radius 3 is 2.38 bits per heavy atom. The molecule has 1 aromatic rings. The predicted octanol–water partition coefficient (Wildman–Crippen LogP) is 2.33. The summed E-state index contributed by atoms with van der Waals surface area (Å²) in [6.45, 7) is 0. The van der Waals surface area contributed by atoms with Crippen LogP contribution in [0.2, 0.25) is 5.02 Å². The third kappa shape index (κ3) is 1.84. The Bertz CT molecular complexity index is 339. The number of nitrogens with zero attached hydrogens (tertiary/aromatic N) is 1. The van der Waals surface area contributed by atoms with Gasteiger partial charge in [0.2, 0.25) is 0 Å². The van der Waals surface area contributed by atoms with Crippen LogP contribution in [0.3, 0.4) is 0 Å². The van der Waals surface area contributed by atoms with E-state index in [1.165, 1.54) is 0 Å².